The molecule has 1 N–H and O–H groups in total. The molecule has 0 aliphatic carbocycles. The van der Waals surface area contributed by atoms with Crippen LogP contribution < -0.4 is 4.72 Å². The molecule has 1 aromatic heterocycles. The van der Waals surface area contributed by atoms with E-state index in [-0.39, 0.29) is 0 Å². The fourth-order valence-electron chi connectivity index (χ4n) is 2.11. The standard InChI is InChI=1S/C18H17N3O2S2/c1-21-13-12-19-18(21)24-17-10-6-5-9-16(17)20-25(22,23)14-11-15-7-3-2-4-8-15/h2-14,20H,1H3. The molecule has 0 saturated heterocycles. The Balaban J connectivity index is 1.80. The van der Waals surface area contributed by atoms with Crippen LogP contribution in [0.4, 0.5) is 5.69 Å². The molecular formula is C18H17N3O2S2. The number of imidazole rings is 1. The summed E-state index contributed by atoms with van der Waals surface area (Å²) in [5.41, 5.74) is 1.34. The van der Waals surface area contributed by atoms with Gasteiger partial charge in [0.1, 0.15) is 0 Å². The minimum absolute atomic E-state index is 0.521. The van der Waals surface area contributed by atoms with E-state index in [0.717, 1.165) is 15.6 Å². The zero-order valence-electron chi connectivity index (χ0n) is 13.5. The summed E-state index contributed by atoms with van der Waals surface area (Å²) in [4.78, 5) is 5.04. The molecule has 128 valence electrons. The largest absolute Gasteiger partial charge is 0.329 e. The molecule has 1 heterocycles. The first-order valence-electron chi connectivity index (χ1n) is 7.54. The Bertz CT molecular complexity index is 980. The van der Waals surface area contributed by atoms with E-state index < -0.39 is 10.0 Å². The maximum atomic E-state index is 12.4. The number of sulfonamides is 1. The van der Waals surface area contributed by atoms with E-state index in [1.807, 2.05) is 60.3 Å². The molecule has 0 atom stereocenters. The SMILES string of the molecule is Cn1ccnc1Sc1ccccc1NS(=O)(=O)C=Cc1ccccc1. The lowest BCUT2D eigenvalue weighted by atomic mass is 10.2. The van der Waals surface area contributed by atoms with Gasteiger partial charge in [-0.25, -0.2) is 13.4 Å². The number of aryl methyl sites for hydroxylation is 1. The van der Waals surface area contributed by atoms with Crippen molar-refractivity contribution >= 4 is 33.5 Å². The van der Waals surface area contributed by atoms with E-state index in [1.165, 1.54) is 17.2 Å². The van der Waals surface area contributed by atoms with E-state index >= 15 is 0 Å². The van der Waals surface area contributed by atoms with Crippen LogP contribution in [0.5, 0.6) is 0 Å². The van der Waals surface area contributed by atoms with Crippen molar-refractivity contribution in [2.75, 3.05) is 4.72 Å². The van der Waals surface area contributed by atoms with Crippen molar-refractivity contribution in [2.24, 2.45) is 7.05 Å². The first-order valence-corrected chi connectivity index (χ1v) is 9.90. The fourth-order valence-corrected chi connectivity index (χ4v) is 3.95. The lowest BCUT2D eigenvalue weighted by Gasteiger charge is -2.10. The van der Waals surface area contributed by atoms with Crippen LogP contribution in [0.3, 0.4) is 0 Å². The smallest absolute Gasteiger partial charge is 0.255 e. The summed E-state index contributed by atoms with van der Waals surface area (Å²) in [5.74, 6) is 0. The van der Waals surface area contributed by atoms with Crippen molar-refractivity contribution in [2.45, 2.75) is 10.1 Å². The van der Waals surface area contributed by atoms with E-state index in [4.69, 9.17) is 0 Å². The van der Waals surface area contributed by atoms with Gasteiger partial charge in [-0.2, -0.15) is 0 Å². The molecule has 5 nitrogen and oxygen atoms in total. The van der Waals surface area contributed by atoms with Gasteiger partial charge >= 0.3 is 0 Å². The van der Waals surface area contributed by atoms with E-state index in [9.17, 15) is 8.42 Å². The highest BCUT2D eigenvalue weighted by Crippen LogP contribution is 2.32. The highest BCUT2D eigenvalue weighted by atomic mass is 32.2. The highest BCUT2D eigenvalue weighted by molar-refractivity contribution is 7.99. The second-order valence-corrected chi connectivity index (χ2v) is 7.85. The Morgan fingerprint density at radius 1 is 1.08 bits per heavy atom. The Hall–Kier alpha value is -2.51. The molecule has 0 saturated carbocycles. The van der Waals surface area contributed by atoms with Crippen LogP contribution in [0.1, 0.15) is 5.56 Å². The van der Waals surface area contributed by atoms with E-state index in [1.54, 1.807) is 24.4 Å². The molecular weight excluding hydrogens is 354 g/mol. The van der Waals surface area contributed by atoms with Gasteiger partial charge in [0.2, 0.25) is 0 Å². The Labute approximate surface area is 151 Å². The number of anilines is 1. The van der Waals surface area contributed by atoms with Crippen LogP contribution in [0.25, 0.3) is 6.08 Å². The minimum atomic E-state index is -3.62. The molecule has 0 aliphatic heterocycles. The van der Waals surface area contributed by atoms with Crippen molar-refractivity contribution in [1.29, 1.82) is 0 Å². The third kappa shape index (κ3) is 4.74. The second-order valence-electron chi connectivity index (χ2n) is 5.28. The minimum Gasteiger partial charge on any atom is -0.329 e. The maximum absolute atomic E-state index is 12.4. The summed E-state index contributed by atoms with van der Waals surface area (Å²) in [7, 11) is -1.72. The first-order chi connectivity index (χ1) is 12.0. The summed E-state index contributed by atoms with van der Waals surface area (Å²) in [5, 5.41) is 1.95. The monoisotopic (exact) mass is 371 g/mol. The fraction of sp³-hybridized carbons (Fsp3) is 0.0556. The van der Waals surface area contributed by atoms with Crippen LogP contribution in [0.2, 0.25) is 0 Å². The third-order valence-corrected chi connectivity index (χ3v) is 5.51. The van der Waals surface area contributed by atoms with Crippen LogP contribution >= 0.6 is 11.8 Å². The molecule has 0 fully saturated rings. The van der Waals surface area contributed by atoms with Crippen molar-refractivity contribution < 1.29 is 8.42 Å². The lowest BCUT2D eigenvalue weighted by molar-refractivity contribution is 0.609. The third-order valence-electron chi connectivity index (χ3n) is 3.36. The molecule has 0 radical (unpaired) electrons. The van der Waals surface area contributed by atoms with E-state index in [0.29, 0.717) is 5.69 Å². The zero-order chi connectivity index (χ0) is 17.7. The molecule has 0 amide bonds. The summed E-state index contributed by atoms with van der Waals surface area (Å²) < 4.78 is 29.2. The molecule has 3 aromatic rings. The Morgan fingerprint density at radius 3 is 2.52 bits per heavy atom. The summed E-state index contributed by atoms with van der Waals surface area (Å²) in [6.07, 6.45) is 5.12. The molecule has 0 unspecified atom stereocenters. The lowest BCUT2D eigenvalue weighted by Crippen LogP contribution is -2.09. The van der Waals surface area contributed by atoms with Gasteiger partial charge in [0, 0.05) is 24.3 Å². The normalized spacial score (nSPS) is 11.7. The highest BCUT2D eigenvalue weighted by Gasteiger charge is 2.12. The quantitative estimate of drug-likeness (QED) is 0.712. The molecule has 0 aliphatic rings. The zero-order valence-corrected chi connectivity index (χ0v) is 15.2. The van der Waals surface area contributed by atoms with Gasteiger partial charge in [-0.1, -0.05) is 42.5 Å². The molecule has 0 spiro atoms. The second kappa shape index (κ2) is 7.58. The number of hydrogen-bond donors (Lipinski definition) is 1. The number of hydrogen-bond acceptors (Lipinski definition) is 4. The van der Waals surface area contributed by atoms with Gasteiger partial charge in [-0.3, -0.25) is 4.72 Å². The number of nitrogens with zero attached hydrogens (tertiary/aromatic N) is 2. The van der Waals surface area contributed by atoms with Crippen LogP contribution in [0.15, 0.2) is 82.5 Å². The topological polar surface area (TPSA) is 64.0 Å². The van der Waals surface area contributed by atoms with Crippen molar-refractivity contribution in [3.63, 3.8) is 0 Å². The van der Waals surface area contributed by atoms with Gasteiger partial charge in [0.15, 0.2) is 5.16 Å². The number of benzene rings is 2. The molecule has 2 aromatic carbocycles. The van der Waals surface area contributed by atoms with Gasteiger partial charge in [0.25, 0.3) is 10.0 Å². The number of para-hydroxylation sites is 1. The summed E-state index contributed by atoms with van der Waals surface area (Å²) in [6.45, 7) is 0. The van der Waals surface area contributed by atoms with Crippen LogP contribution in [0, 0.1) is 0 Å². The predicted octanol–water partition coefficient (Wildman–Crippen LogP) is 3.98. The first kappa shape index (κ1) is 17.3. The Kier molecular flexibility index (Phi) is 5.25. The molecule has 3 rings (SSSR count). The summed E-state index contributed by atoms with van der Waals surface area (Å²) in [6, 6.07) is 16.5. The molecule has 7 heteroatoms. The predicted molar refractivity (Wildman–Crippen MR) is 102 cm³/mol. The maximum Gasteiger partial charge on any atom is 0.255 e. The average Bonchev–Trinajstić information content (AvgIpc) is 3.01. The number of aromatic nitrogens is 2. The molecule has 0 bridgehead atoms. The van der Waals surface area contributed by atoms with Crippen molar-refractivity contribution in [3.8, 4) is 0 Å². The number of nitrogens with one attached hydrogen (secondary N) is 1. The van der Waals surface area contributed by atoms with Crippen molar-refractivity contribution in [3.05, 3.63) is 78.0 Å². The van der Waals surface area contributed by atoms with Gasteiger partial charge < -0.3 is 4.57 Å². The number of rotatable bonds is 6. The molecule has 25 heavy (non-hydrogen) atoms. The summed E-state index contributed by atoms with van der Waals surface area (Å²) >= 11 is 1.40. The van der Waals surface area contributed by atoms with E-state index in [2.05, 4.69) is 9.71 Å². The average molecular weight is 371 g/mol. The van der Waals surface area contributed by atoms with Gasteiger partial charge in [0.05, 0.1) is 11.1 Å². The Morgan fingerprint density at radius 2 is 1.80 bits per heavy atom. The van der Waals surface area contributed by atoms with Crippen LogP contribution in [-0.4, -0.2) is 18.0 Å². The van der Waals surface area contributed by atoms with Gasteiger partial charge in [-0.05, 0) is 35.5 Å². The van der Waals surface area contributed by atoms with Gasteiger partial charge in [-0.15, -0.1) is 0 Å². The van der Waals surface area contributed by atoms with Crippen molar-refractivity contribution in [1.82, 2.24) is 9.55 Å². The van der Waals surface area contributed by atoms with Crippen LogP contribution in [-0.2, 0) is 17.1 Å².